The van der Waals surface area contributed by atoms with E-state index in [-0.39, 0.29) is 18.8 Å². The maximum Gasteiger partial charge on any atom is 0.410 e. The van der Waals surface area contributed by atoms with Crippen LogP contribution in [0.4, 0.5) is 4.79 Å². The van der Waals surface area contributed by atoms with Crippen molar-refractivity contribution in [2.45, 2.75) is 32.5 Å². The molecule has 0 N–H and O–H groups in total. The molecule has 6 nitrogen and oxygen atoms in total. The van der Waals surface area contributed by atoms with E-state index in [1.807, 2.05) is 26.8 Å². The Morgan fingerprint density at radius 2 is 1.96 bits per heavy atom. The summed E-state index contributed by atoms with van der Waals surface area (Å²) in [6.07, 6.45) is -0.718. The van der Waals surface area contributed by atoms with Crippen molar-refractivity contribution in [3.05, 3.63) is 35.9 Å². The molecule has 0 saturated carbocycles. The second kappa shape index (κ2) is 7.46. The van der Waals surface area contributed by atoms with Gasteiger partial charge in [0.25, 0.3) is 0 Å². The number of hydrogen-bond acceptors (Lipinski definition) is 5. The van der Waals surface area contributed by atoms with Crippen LogP contribution in [0.3, 0.4) is 0 Å². The fourth-order valence-corrected chi connectivity index (χ4v) is 2.14. The van der Waals surface area contributed by atoms with E-state index < -0.39 is 11.6 Å². The van der Waals surface area contributed by atoms with Crippen LogP contribution >= 0.6 is 0 Å². The van der Waals surface area contributed by atoms with Crippen LogP contribution in [0.1, 0.15) is 31.1 Å². The summed E-state index contributed by atoms with van der Waals surface area (Å²) in [4.78, 5) is 25.5. The van der Waals surface area contributed by atoms with Gasteiger partial charge in [-0.25, -0.2) is 9.59 Å². The highest BCUT2D eigenvalue weighted by Gasteiger charge is 2.28. The van der Waals surface area contributed by atoms with Gasteiger partial charge in [-0.05, 0) is 32.9 Å². The van der Waals surface area contributed by atoms with Gasteiger partial charge in [-0.2, -0.15) is 0 Å². The van der Waals surface area contributed by atoms with Gasteiger partial charge in [-0.15, -0.1) is 0 Å². The monoisotopic (exact) mass is 321 g/mol. The first-order chi connectivity index (χ1) is 10.8. The molecule has 1 aliphatic heterocycles. The maximum atomic E-state index is 12.1. The fraction of sp³-hybridized carbons (Fsp3) is 0.529. The van der Waals surface area contributed by atoms with Gasteiger partial charge in [0.15, 0.2) is 0 Å². The summed E-state index contributed by atoms with van der Waals surface area (Å²) in [6.45, 7) is 6.79. The Hall–Kier alpha value is -2.08. The van der Waals surface area contributed by atoms with Crippen LogP contribution in [-0.2, 0) is 14.2 Å². The normalized spacial score (nSPS) is 18.4. The van der Waals surface area contributed by atoms with Crippen molar-refractivity contribution in [3.8, 4) is 0 Å². The molecule has 23 heavy (non-hydrogen) atoms. The number of nitrogens with zero attached hydrogens (tertiary/aromatic N) is 1. The van der Waals surface area contributed by atoms with E-state index in [1.54, 1.807) is 29.2 Å². The number of hydrogen-bond donors (Lipinski definition) is 0. The van der Waals surface area contributed by atoms with E-state index >= 15 is 0 Å². The Labute approximate surface area is 136 Å². The quantitative estimate of drug-likeness (QED) is 0.800. The Bertz CT molecular complexity index is 538. The zero-order chi connectivity index (χ0) is 16.9. The fourth-order valence-electron chi connectivity index (χ4n) is 2.14. The van der Waals surface area contributed by atoms with Gasteiger partial charge in [0.2, 0.25) is 0 Å². The molecule has 0 aliphatic carbocycles. The van der Waals surface area contributed by atoms with Crippen LogP contribution in [0.15, 0.2) is 30.3 Å². The minimum atomic E-state index is -0.537. The highest BCUT2D eigenvalue weighted by Crippen LogP contribution is 2.13. The Balaban J connectivity index is 1.82. The molecule has 1 atom stereocenters. The first-order valence-corrected chi connectivity index (χ1v) is 7.67. The third-order valence-electron chi connectivity index (χ3n) is 3.20. The molecule has 1 aromatic carbocycles. The average Bonchev–Trinajstić information content (AvgIpc) is 2.52. The lowest BCUT2D eigenvalue weighted by Gasteiger charge is -2.33. The minimum absolute atomic E-state index is 0.104. The van der Waals surface area contributed by atoms with Crippen molar-refractivity contribution in [2.24, 2.45) is 0 Å². The molecule has 1 aliphatic rings. The highest BCUT2D eigenvalue weighted by molar-refractivity contribution is 5.89. The number of esters is 1. The molecular formula is C17H23NO5. The number of amides is 1. The Morgan fingerprint density at radius 3 is 2.61 bits per heavy atom. The molecule has 1 amide bonds. The lowest BCUT2D eigenvalue weighted by Crippen LogP contribution is -2.49. The van der Waals surface area contributed by atoms with Gasteiger partial charge in [0, 0.05) is 6.54 Å². The number of ether oxygens (including phenoxy) is 3. The topological polar surface area (TPSA) is 65.1 Å². The van der Waals surface area contributed by atoms with Crippen LogP contribution in [0.25, 0.3) is 0 Å². The first-order valence-electron chi connectivity index (χ1n) is 7.67. The molecule has 2 rings (SSSR count). The summed E-state index contributed by atoms with van der Waals surface area (Å²) in [7, 11) is 0. The van der Waals surface area contributed by atoms with Crippen LogP contribution in [0.2, 0.25) is 0 Å². The molecule has 0 spiro atoms. The molecule has 0 bridgehead atoms. The summed E-state index contributed by atoms with van der Waals surface area (Å²) in [5, 5.41) is 0. The molecule has 0 aromatic heterocycles. The van der Waals surface area contributed by atoms with E-state index in [0.717, 1.165) is 0 Å². The van der Waals surface area contributed by atoms with Crippen LogP contribution < -0.4 is 0 Å². The van der Waals surface area contributed by atoms with Crippen LogP contribution in [0, 0.1) is 0 Å². The van der Waals surface area contributed by atoms with Gasteiger partial charge < -0.3 is 19.1 Å². The van der Waals surface area contributed by atoms with E-state index in [2.05, 4.69) is 0 Å². The molecule has 0 unspecified atom stereocenters. The Kier molecular flexibility index (Phi) is 5.60. The second-order valence-corrected chi connectivity index (χ2v) is 6.38. The number of morpholine rings is 1. The molecule has 1 heterocycles. The number of benzene rings is 1. The third kappa shape index (κ3) is 5.56. The first kappa shape index (κ1) is 17.3. The van der Waals surface area contributed by atoms with Crippen molar-refractivity contribution in [1.82, 2.24) is 4.90 Å². The lowest BCUT2D eigenvalue weighted by molar-refractivity contribution is -0.0638. The van der Waals surface area contributed by atoms with E-state index in [0.29, 0.717) is 25.3 Å². The van der Waals surface area contributed by atoms with Crippen molar-refractivity contribution < 1.29 is 23.8 Å². The molecule has 6 heteroatoms. The molecule has 1 fully saturated rings. The minimum Gasteiger partial charge on any atom is -0.459 e. The average molecular weight is 321 g/mol. The van der Waals surface area contributed by atoms with Crippen molar-refractivity contribution in [2.75, 3.05) is 26.3 Å². The summed E-state index contributed by atoms with van der Waals surface area (Å²) in [5.41, 5.74) is -0.0442. The van der Waals surface area contributed by atoms with Gasteiger partial charge in [0.05, 0.1) is 18.7 Å². The molecular weight excluding hydrogens is 298 g/mol. The van der Waals surface area contributed by atoms with Crippen molar-refractivity contribution in [1.29, 1.82) is 0 Å². The molecule has 1 aromatic rings. The Morgan fingerprint density at radius 1 is 1.26 bits per heavy atom. The third-order valence-corrected chi connectivity index (χ3v) is 3.20. The molecule has 1 saturated heterocycles. The zero-order valence-electron chi connectivity index (χ0n) is 13.8. The summed E-state index contributed by atoms with van der Waals surface area (Å²) >= 11 is 0. The largest absolute Gasteiger partial charge is 0.459 e. The number of rotatable bonds is 3. The highest BCUT2D eigenvalue weighted by atomic mass is 16.6. The van der Waals surface area contributed by atoms with Crippen LogP contribution in [0.5, 0.6) is 0 Å². The predicted molar refractivity (Wildman–Crippen MR) is 84.3 cm³/mol. The van der Waals surface area contributed by atoms with E-state index in [4.69, 9.17) is 14.2 Å². The number of carbonyl (C=O) groups is 2. The smallest absolute Gasteiger partial charge is 0.410 e. The van der Waals surface area contributed by atoms with E-state index in [1.165, 1.54) is 0 Å². The van der Waals surface area contributed by atoms with Gasteiger partial charge in [0.1, 0.15) is 18.3 Å². The summed E-state index contributed by atoms with van der Waals surface area (Å²) in [6, 6.07) is 8.77. The van der Waals surface area contributed by atoms with Crippen LogP contribution in [-0.4, -0.2) is 55.0 Å². The second-order valence-electron chi connectivity index (χ2n) is 6.38. The van der Waals surface area contributed by atoms with Gasteiger partial charge >= 0.3 is 12.1 Å². The molecule has 126 valence electrons. The zero-order valence-corrected chi connectivity index (χ0v) is 13.8. The van der Waals surface area contributed by atoms with Crippen molar-refractivity contribution in [3.63, 3.8) is 0 Å². The van der Waals surface area contributed by atoms with Gasteiger partial charge in [-0.3, -0.25) is 0 Å². The lowest BCUT2D eigenvalue weighted by atomic mass is 10.2. The predicted octanol–water partition coefficient (Wildman–Crippen LogP) is 2.48. The SMILES string of the molecule is CC(C)(C)OC(=O)N1CCO[C@@H](COC(=O)c2ccccc2)C1. The number of carbonyl (C=O) groups excluding carboxylic acids is 2. The maximum absolute atomic E-state index is 12.1. The summed E-state index contributed by atoms with van der Waals surface area (Å²) < 4.78 is 16.1. The molecule has 0 radical (unpaired) electrons. The van der Waals surface area contributed by atoms with E-state index in [9.17, 15) is 9.59 Å². The standard InChI is InChI=1S/C17H23NO5/c1-17(2,3)23-16(20)18-9-10-21-14(11-18)12-22-15(19)13-7-5-4-6-8-13/h4-8,14H,9-12H2,1-3H3/t14-/m1/s1. The summed E-state index contributed by atoms with van der Waals surface area (Å²) in [5.74, 6) is -0.399. The van der Waals surface area contributed by atoms with Crippen molar-refractivity contribution >= 4 is 12.1 Å². The van der Waals surface area contributed by atoms with Gasteiger partial charge in [-0.1, -0.05) is 18.2 Å².